The number of hydrogen-bond donors (Lipinski definition) is 1. The Kier molecular flexibility index (Phi) is 5.48. The van der Waals surface area contributed by atoms with E-state index in [2.05, 4.69) is 27.3 Å². The quantitative estimate of drug-likeness (QED) is 0.735. The predicted octanol–water partition coefficient (Wildman–Crippen LogP) is 3.69. The number of benzene rings is 2. The van der Waals surface area contributed by atoms with Crippen LogP contribution in [0.1, 0.15) is 42.1 Å². The maximum Gasteiger partial charge on any atom is 0.251 e. The zero-order valence-corrected chi connectivity index (χ0v) is 15.9. The Morgan fingerprint density at radius 1 is 1.07 bits per heavy atom. The number of likely N-dealkylation sites (tertiary alicyclic amines) is 1. The number of aromatic nitrogens is 2. The van der Waals surface area contributed by atoms with E-state index >= 15 is 0 Å². The maximum atomic E-state index is 12.3. The highest BCUT2D eigenvalue weighted by Gasteiger charge is 2.27. The number of nitrogens with one attached hydrogen (secondary N) is 1. The van der Waals surface area contributed by atoms with Crippen molar-refractivity contribution in [3.05, 3.63) is 72.1 Å². The van der Waals surface area contributed by atoms with Gasteiger partial charge in [0.1, 0.15) is 0 Å². The molecule has 1 unspecified atom stereocenters. The number of nitrogens with zero attached hydrogens (tertiary/aromatic N) is 3. The topological polar surface area (TPSA) is 71.3 Å². The number of rotatable bonds is 5. The second kappa shape index (κ2) is 8.35. The number of carbonyl (C=O) groups excluding carboxylic acids is 1. The third-order valence-corrected chi connectivity index (χ3v) is 5.28. The van der Waals surface area contributed by atoms with Crippen LogP contribution in [-0.2, 0) is 0 Å². The molecule has 1 atom stereocenters. The van der Waals surface area contributed by atoms with Crippen molar-refractivity contribution in [1.82, 2.24) is 20.4 Å². The Bertz CT molecular complexity index is 903. The van der Waals surface area contributed by atoms with Crippen molar-refractivity contribution >= 4 is 5.91 Å². The molecule has 1 aliphatic heterocycles. The van der Waals surface area contributed by atoms with Crippen LogP contribution in [0.15, 0.2) is 65.2 Å². The Balaban J connectivity index is 1.32. The van der Waals surface area contributed by atoms with Crippen LogP contribution in [-0.4, -0.2) is 40.1 Å². The van der Waals surface area contributed by atoms with Crippen LogP contribution >= 0.6 is 0 Å². The number of amides is 1. The van der Waals surface area contributed by atoms with E-state index in [0.29, 0.717) is 17.3 Å². The first-order chi connectivity index (χ1) is 13.7. The van der Waals surface area contributed by atoms with Crippen molar-refractivity contribution in [3.63, 3.8) is 0 Å². The summed E-state index contributed by atoms with van der Waals surface area (Å²) in [6.07, 6.45) is 1.81. The molecule has 3 aromatic rings. The van der Waals surface area contributed by atoms with E-state index in [9.17, 15) is 4.79 Å². The second-order valence-electron chi connectivity index (χ2n) is 7.15. The minimum Gasteiger partial charge on any atom is -0.349 e. The standard InChI is InChI=1S/C22H24N4O2/c1-16(22-24-20(25-28-22)17-8-4-2-5-9-17)26-14-12-19(13-15-26)23-21(27)18-10-6-3-7-11-18/h2-11,16,19H,12-15H2,1H3,(H,23,27). The molecule has 1 fully saturated rings. The zero-order valence-electron chi connectivity index (χ0n) is 15.9. The lowest BCUT2D eigenvalue weighted by Crippen LogP contribution is -2.45. The lowest BCUT2D eigenvalue weighted by Gasteiger charge is -2.34. The Labute approximate surface area is 164 Å². The maximum absolute atomic E-state index is 12.3. The minimum absolute atomic E-state index is 0.00324. The third kappa shape index (κ3) is 4.12. The van der Waals surface area contributed by atoms with Crippen molar-refractivity contribution in [2.45, 2.75) is 31.8 Å². The van der Waals surface area contributed by atoms with Gasteiger partial charge in [-0.3, -0.25) is 9.69 Å². The van der Waals surface area contributed by atoms with Crippen LogP contribution in [0.5, 0.6) is 0 Å². The molecule has 1 amide bonds. The highest BCUT2D eigenvalue weighted by Crippen LogP contribution is 2.25. The van der Waals surface area contributed by atoms with E-state index in [-0.39, 0.29) is 18.0 Å². The summed E-state index contributed by atoms with van der Waals surface area (Å²) in [6.45, 7) is 3.85. The van der Waals surface area contributed by atoms with Crippen LogP contribution in [0, 0.1) is 0 Å². The summed E-state index contributed by atoms with van der Waals surface area (Å²) < 4.78 is 5.51. The molecule has 1 aromatic heterocycles. The summed E-state index contributed by atoms with van der Waals surface area (Å²) in [4.78, 5) is 19.2. The van der Waals surface area contributed by atoms with Crippen LogP contribution in [0.2, 0.25) is 0 Å². The number of carbonyl (C=O) groups is 1. The van der Waals surface area contributed by atoms with Crippen molar-refractivity contribution < 1.29 is 9.32 Å². The van der Waals surface area contributed by atoms with Crippen LogP contribution in [0.25, 0.3) is 11.4 Å². The molecule has 0 spiro atoms. The monoisotopic (exact) mass is 376 g/mol. The third-order valence-electron chi connectivity index (χ3n) is 5.28. The summed E-state index contributed by atoms with van der Waals surface area (Å²) in [5.41, 5.74) is 1.66. The van der Waals surface area contributed by atoms with Crippen molar-refractivity contribution in [2.75, 3.05) is 13.1 Å². The van der Waals surface area contributed by atoms with E-state index in [1.54, 1.807) is 0 Å². The molecule has 6 nitrogen and oxygen atoms in total. The molecule has 0 bridgehead atoms. The smallest absolute Gasteiger partial charge is 0.251 e. The van der Waals surface area contributed by atoms with Crippen LogP contribution < -0.4 is 5.32 Å². The molecule has 1 saturated heterocycles. The summed E-state index contributed by atoms with van der Waals surface area (Å²) >= 11 is 0. The van der Waals surface area contributed by atoms with Crippen LogP contribution in [0.4, 0.5) is 0 Å². The normalized spacial score (nSPS) is 16.6. The van der Waals surface area contributed by atoms with E-state index in [1.807, 2.05) is 60.7 Å². The number of hydrogen-bond acceptors (Lipinski definition) is 5. The number of piperidine rings is 1. The van der Waals surface area contributed by atoms with Gasteiger partial charge < -0.3 is 9.84 Å². The summed E-state index contributed by atoms with van der Waals surface area (Å²) in [7, 11) is 0. The van der Waals surface area contributed by atoms with Gasteiger partial charge in [-0.1, -0.05) is 53.7 Å². The molecule has 28 heavy (non-hydrogen) atoms. The molecule has 4 rings (SSSR count). The fourth-order valence-electron chi connectivity index (χ4n) is 3.55. The average molecular weight is 376 g/mol. The molecule has 6 heteroatoms. The van der Waals surface area contributed by atoms with E-state index < -0.39 is 0 Å². The molecule has 0 radical (unpaired) electrons. The first-order valence-corrected chi connectivity index (χ1v) is 9.69. The van der Waals surface area contributed by atoms with E-state index in [4.69, 9.17) is 4.52 Å². The highest BCUT2D eigenvalue weighted by atomic mass is 16.5. The summed E-state index contributed by atoms with van der Waals surface area (Å²) in [5.74, 6) is 1.24. The van der Waals surface area contributed by atoms with Crippen LogP contribution in [0.3, 0.4) is 0 Å². The van der Waals surface area contributed by atoms with Gasteiger partial charge in [0.2, 0.25) is 11.7 Å². The largest absolute Gasteiger partial charge is 0.349 e. The lowest BCUT2D eigenvalue weighted by molar-refractivity contribution is 0.0881. The Morgan fingerprint density at radius 2 is 1.71 bits per heavy atom. The lowest BCUT2D eigenvalue weighted by atomic mass is 10.0. The molecule has 0 saturated carbocycles. The Morgan fingerprint density at radius 3 is 2.39 bits per heavy atom. The molecule has 1 N–H and O–H groups in total. The molecule has 144 valence electrons. The summed E-state index contributed by atoms with van der Waals surface area (Å²) in [5, 5.41) is 7.26. The van der Waals surface area contributed by atoms with E-state index in [0.717, 1.165) is 31.5 Å². The first kappa shape index (κ1) is 18.4. The first-order valence-electron chi connectivity index (χ1n) is 9.69. The summed E-state index contributed by atoms with van der Waals surface area (Å²) in [6, 6.07) is 19.4. The molecule has 1 aliphatic rings. The van der Waals surface area contributed by atoms with Gasteiger partial charge in [-0.2, -0.15) is 4.98 Å². The molecular weight excluding hydrogens is 352 g/mol. The fourth-order valence-corrected chi connectivity index (χ4v) is 3.55. The SMILES string of the molecule is CC(c1nc(-c2ccccc2)no1)N1CCC(NC(=O)c2ccccc2)CC1. The van der Waals surface area contributed by atoms with E-state index in [1.165, 1.54) is 0 Å². The minimum atomic E-state index is -0.00324. The molecule has 2 aromatic carbocycles. The van der Waals surface area contributed by atoms with Gasteiger partial charge in [0.25, 0.3) is 5.91 Å². The fraction of sp³-hybridized carbons (Fsp3) is 0.318. The van der Waals surface area contributed by atoms with Gasteiger partial charge in [0.05, 0.1) is 6.04 Å². The average Bonchev–Trinajstić information content (AvgIpc) is 3.25. The van der Waals surface area contributed by atoms with Crippen molar-refractivity contribution in [1.29, 1.82) is 0 Å². The predicted molar refractivity (Wildman–Crippen MR) is 107 cm³/mol. The van der Waals surface area contributed by atoms with Crippen molar-refractivity contribution in [3.8, 4) is 11.4 Å². The van der Waals surface area contributed by atoms with Gasteiger partial charge in [-0.05, 0) is 31.9 Å². The van der Waals surface area contributed by atoms with Crippen molar-refractivity contribution in [2.24, 2.45) is 0 Å². The van der Waals surface area contributed by atoms with Gasteiger partial charge in [-0.15, -0.1) is 0 Å². The molecular formula is C22H24N4O2. The molecule has 2 heterocycles. The zero-order chi connectivity index (χ0) is 19.3. The molecule has 0 aliphatic carbocycles. The van der Waals surface area contributed by atoms with Gasteiger partial charge in [0, 0.05) is 30.3 Å². The van der Waals surface area contributed by atoms with Gasteiger partial charge in [-0.25, -0.2) is 0 Å². The highest BCUT2D eigenvalue weighted by molar-refractivity contribution is 5.94. The van der Waals surface area contributed by atoms with Gasteiger partial charge >= 0.3 is 0 Å². The van der Waals surface area contributed by atoms with Gasteiger partial charge in [0.15, 0.2) is 0 Å². The Hall–Kier alpha value is -2.99. The second-order valence-corrected chi connectivity index (χ2v) is 7.15.